The summed E-state index contributed by atoms with van der Waals surface area (Å²) in [5, 5.41) is 0.292. The summed E-state index contributed by atoms with van der Waals surface area (Å²) in [6, 6.07) is 20.0. The van der Waals surface area contributed by atoms with Crippen LogP contribution in [0.3, 0.4) is 0 Å². The fraction of sp³-hybridized carbons (Fsp3) is 0.152. The van der Waals surface area contributed by atoms with E-state index in [4.69, 9.17) is 4.42 Å². The van der Waals surface area contributed by atoms with Crippen LogP contribution >= 0.6 is 0 Å². The molecule has 2 amide bonds. The Morgan fingerprint density at radius 2 is 1.63 bits per heavy atom. The number of fused-ring (bicyclic) bond motifs is 5. The number of benzene rings is 3. The van der Waals surface area contributed by atoms with Crippen LogP contribution in [0.15, 0.2) is 88.2 Å². The van der Waals surface area contributed by atoms with Crippen LogP contribution in [0.2, 0.25) is 0 Å². The molecule has 0 saturated carbocycles. The van der Waals surface area contributed by atoms with Crippen molar-refractivity contribution in [3.63, 3.8) is 0 Å². The zero-order valence-corrected chi connectivity index (χ0v) is 22.6. The number of hydrogen-bond donors (Lipinski definition) is 0. The van der Waals surface area contributed by atoms with E-state index in [-0.39, 0.29) is 35.1 Å². The van der Waals surface area contributed by atoms with Gasteiger partial charge in [-0.1, -0.05) is 30.3 Å². The van der Waals surface area contributed by atoms with E-state index < -0.39 is 22.8 Å². The minimum atomic E-state index is -1.85. The predicted octanol–water partition coefficient (Wildman–Crippen LogP) is 5.70. The van der Waals surface area contributed by atoms with Gasteiger partial charge < -0.3 is 9.32 Å². The molecule has 2 aromatic heterocycles. The lowest BCUT2D eigenvalue weighted by atomic mass is 9.83. The second kappa shape index (κ2) is 8.69. The number of amides is 2. The maximum Gasteiger partial charge on any atom is 0.297 e. The SMILES string of the molecule is Cc1ccnc(N2C(=O)c3oc4cc(C)c(C)cc4c(=O)c3C23C(=O)N(Cc2ccc(F)cc2)c2ccccc23)c1. The molecule has 7 nitrogen and oxygen atoms in total. The van der Waals surface area contributed by atoms with Crippen LogP contribution in [0.25, 0.3) is 11.0 Å². The normalized spacial score (nSPS) is 17.6. The Balaban J connectivity index is 1.57. The van der Waals surface area contributed by atoms with Crippen molar-refractivity contribution in [2.75, 3.05) is 9.80 Å². The van der Waals surface area contributed by atoms with Crippen LogP contribution in [-0.2, 0) is 16.9 Å². The first-order valence-corrected chi connectivity index (χ1v) is 13.2. The molecule has 8 heteroatoms. The zero-order chi connectivity index (χ0) is 28.6. The molecule has 1 unspecified atom stereocenters. The standard InChI is InChI=1S/C33H24FN3O4/c1-18-12-13-35-27(14-18)37-31(39)30-28(29(38)23-15-19(2)20(3)16-26(23)41-30)33(37)24-6-4-5-7-25(24)36(32(33)40)17-21-8-10-22(34)11-9-21/h4-16H,17H2,1-3H3. The van der Waals surface area contributed by atoms with Crippen LogP contribution in [-0.4, -0.2) is 16.8 Å². The first-order valence-electron chi connectivity index (χ1n) is 13.2. The quantitative estimate of drug-likeness (QED) is 0.290. The van der Waals surface area contributed by atoms with Gasteiger partial charge in [0.1, 0.15) is 17.2 Å². The second-order valence-corrected chi connectivity index (χ2v) is 10.6. The molecule has 7 rings (SSSR count). The lowest BCUT2D eigenvalue weighted by Gasteiger charge is -2.33. The van der Waals surface area contributed by atoms with E-state index >= 15 is 0 Å². The van der Waals surface area contributed by atoms with Crippen molar-refractivity contribution >= 4 is 34.3 Å². The van der Waals surface area contributed by atoms with E-state index in [1.54, 1.807) is 66.9 Å². The molecule has 1 spiro atoms. The molecule has 4 heterocycles. The summed E-state index contributed by atoms with van der Waals surface area (Å²) in [4.78, 5) is 51.0. The number of carbonyl (C=O) groups is 2. The van der Waals surface area contributed by atoms with Crippen LogP contribution in [0.1, 0.15) is 43.9 Å². The zero-order valence-electron chi connectivity index (χ0n) is 22.6. The molecule has 0 N–H and O–H groups in total. The minimum Gasteiger partial charge on any atom is -0.450 e. The van der Waals surface area contributed by atoms with Gasteiger partial charge in [-0.15, -0.1) is 0 Å². The molecular weight excluding hydrogens is 521 g/mol. The van der Waals surface area contributed by atoms with Crippen LogP contribution in [0.5, 0.6) is 0 Å². The highest BCUT2D eigenvalue weighted by molar-refractivity contribution is 6.24. The van der Waals surface area contributed by atoms with Crippen LogP contribution in [0, 0.1) is 26.6 Å². The van der Waals surface area contributed by atoms with Crippen molar-refractivity contribution in [2.45, 2.75) is 32.9 Å². The maximum absolute atomic E-state index is 14.9. The number of anilines is 2. The number of pyridine rings is 1. The van der Waals surface area contributed by atoms with E-state index in [1.807, 2.05) is 20.8 Å². The summed E-state index contributed by atoms with van der Waals surface area (Å²) in [5.74, 6) is -1.46. The molecular formula is C33H24FN3O4. The fourth-order valence-electron chi connectivity index (χ4n) is 6.04. The van der Waals surface area contributed by atoms with Crippen molar-refractivity contribution in [1.29, 1.82) is 0 Å². The summed E-state index contributed by atoms with van der Waals surface area (Å²) in [5.41, 5.74) is 2.28. The number of para-hydroxylation sites is 1. The molecule has 0 saturated heterocycles. The summed E-state index contributed by atoms with van der Waals surface area (Å²) in [6.07, 6.45) is 1.56. The number of carbonyl (C=O) groups excluding carboxylic acids is 2. The van der Waals surface area contributed by atoms with Crippen molar-refractivity contribution < 1.29 is 18.4 Å². The third-order valence-electron chi connectivity index (χ3n) is 8.12. The molecule has 41 heavy (non-hydrogen) atoms. The average molecular weight is 546 g/mol. The van der Waals surface area contributed by atoms with Gasteiger partial charge in [-0.2, -0.15) is 0 Å². The van der Waals surface area contributed by atoms with Crippen LogP contribution in [0.4, 0.5) is 15.9 Å². The van der Waals surface area contributed by atoms with E-state index in [0.717, 1.165) is 16.7 Å². The summed E-state index contributed by atoms with van der Waals surface area (Å²) >= 11 is 0. The van der Waals surface area contributed by atoms with Crippen LogP contribution < -0.4 is 15.2 Å². The van der Waals surface area contributed by atoms with Gasteiger partial charge in [0, 0.05) is 11.8 Å². The Labute approximate surface area is 234 Å². The Morgan fingerprint density at radius 3 is 2.39 bits per heavy atom. The van der Waals surface area contributed by atoms with E-state index in [1.165, 1.54) is 21.9 Å². The third kappa shape index (κ3) is 3.37. The van der Waals surface area contributed by atoms with Gasteiger partial charge in [-0.25, -0.2) is 9.37 Å². The molecule has 0 fully saturated rings. The number of hydrogen-bond acceptors (Lipinski definition) is 5. The number of halogens is 1. The first-order chi connectivity index (χ1) is 19.7. The van der Waals surface area contributed by atoms with Crippen molar-refractivity contribution in [1.82, 2.24) is 4.98 Å². The van der Waals surface area contributed by atoms with E-state index in [0.29, 0.717) is 22.2 Å². The maximum atomic E-state index is 14.9. The summed E-state index contributed by atoms with van der Waals surface area (Å²) < 4.78 is 19.9. The number of aromatic nitrogens is 1. The van der Waals surface area contributed by atoms with Crippen molar-refractivity contribution in [3.05, 3.63) is 134 Å². The molecule has 0 bridgehead atoms. The topological polar surface area (TPSA) is 83.7 Å². The van der Waals surface area contributed by atoms with Crippen molar-refractivity contribution in [3.8, 4) is 0 Å². The lowest BCUT2D eigenvalue weighted by Crippen LogP contribution is -2.54. The molecule has 5 aromatic rings. The number of nitrogens with zero attached hydrogens (tertiary/aromatic N) is 3. The molecule has 202 valence electrons. The van der Waals surface area contributed by atoms with E-state index in [2.05, 4.69) is 4.98 Å². The molecule has 2 aliphatic heterocycles. The highest BCUT2D eigenvalue weighted by Crippen LogP contribution is 2.54. The van der Waals surface area contributed by atoms with Gasteiger partial charge in [0.05, 0.1) is 23.2 Å². The van der Waals surface area contributed by atoms with Gasteiger partial charge in [0.15, 0.2) is 11.0 Å². The molecule has 1 atom stereocenters. The number of aryl methyl sites for hydroxylation is 3. The van der Waals surface area contributed by atoms with Crippen molar-refractivity contribution in [2.24, 2.45) is 0 Å². The van der Waals surface area contributed by atoms with Gasteiger partial charge in [-0.3, -0.25) is 19.3 Å². The third-order valence-corrected chi connectivity index (χ3v) is 8.12. The highest BCUT2D eigenvalue weighted by Gasteiger charge is 2.66. The minimum absolute atomic E-state index is 0.0272. The monoisotopic (exact) mass is 545 g/mol. The Kier molecular flexibility index (Phi) is 5.28. The Morgan fingerprint density at radius 1 is 0.902 bits per heavy atom. The average Bonchev–Trinajstić information content (AvgIpc) is 3.35. The van der Waals surface area contributed by atoms with E-state index in [9.17, 15) is 18.8 Å². The molecule has 3 aromatic carbocycles. The first kappa shape index (κ1) is 24.9. The molecule has 0 radical (unpaired) electrons. The Bertz CT molecular complexity index is 2000. The Hall–Kier alpha value is -5.11. The predicted molar refractivity (Wildman–Crippen MR) is 153 cm³/mol. The largest absolute Gasteiger partial charge is 0.450 e. The van der Waals surface area contributed by atoms with Gasteiger partial charge in [0.25, 0.3) is 11.8 Å². The molecule has 0 aliphatic carbocycles. The van der Waals surface area contributed by atoms with Gasteiger partial charge in [-0.05, 0) is 85.5 Å². The second-order valence-electron chi connectivity index (χ2n) is 10.6. The summed E-state index contributed by atoms with van der Waals surface area (Å²) in [6.45, 7) is 5.76. The van der Waals surface area contributed by atoms with Gasteiger partial charge in [0.2, 0.25) is 5.76 Å². The lowest BCUT2D eigenvalue weighted by molar-refractivity contribution is -0.121. The smallest absolute Gasteiger partial charge is 0.297 e. The fourth-order valence-corrected chi connectivity index (χ4v) is 6.04. The number of rotatable bonds is 3. The van der Waals surface area contributed by atoms with Gasteiger partial charge >= 0.3 is 0 Å². The highest BCUT2D eigenvalue weighted by atomic mass is 19.1. The summed E-state index contributed by atoms with van der Waals surface area (Å²) in [7, 11) is 0. The molecule has 2 aliphatic rings.